The molecule has 0 radical (unpaired) electrons. The first kappa shape index (κ1) is 14.4. The Balaban J connectivity index is 1.84. The van der Waals surface area contributed by atoms with Gasteiger partial charge >= 0.3 is 6.18 Å². The van der Waals surface area contributed by atoms with Crippen LogP contribution >= 0.6 is 0 Å². The Bertz CT molecular complexity index is 1040. The summed E-state index contributed by atoms with van der Waals surface area (Å²) in [7, 11) is 0. The van der Waals surface area contributed by atoms with Crippen molar-refractivity contribution in [2.75, 3.05) is 5.32 Å². The summed E-state index contributed by atoms with van der Waals surface area (Å²) in [5.41, 5.74) is 1.68. The molecule has 0 bridgehead atoms. The Hall–Kier alpha value is -3.16. The van der Waals surface area contributed by atoms with Crippen molar-refractivity contribution in [1.29, 1.82) is 0 Å². The lowest BCUT2D eigenvalue weighted by atomic mass is 10.2. The number of aromatic amines is 1. The van der Waals surface area contributed by atoms with Gasteiger partial charge in [-0.3, -0.25) is 5.10 Å². The van der Waals surface area contributed by atoms with Crippen LogP contribution in [0.1, 0.15) is 5.82 Å². The number of hydrogen-bond acceptors (Lipinski definition) is 4. The highest BCUT2D eigenvalue weighted by Crippen LogP contribution is 2.31. The zero-order chi connectivity index (χ0) is 16.7. The molecule has 0 aliphatic carbocycles. The third kappa shape index (κ3) is 2.51. The lowest BCUT2D eigenvalue weighted by molar-refractivity contribution is -0.144. The van der Waals surface area contributed by atoms with Gasteiger partial charge in [0, 0.05) is 16.5 Å². The topological polar surface area (TPSA) is 66.5 Å². The molecule has 2 aromatic carbocycles. The van der Waals surface area contributed by atoms with Crippen molar-refractivity contribution in [2.24, 2.45) is 0 Å². The SMILES string of the molecule is FC(F)(F)c1nc(Nc2ccc3[nH]ncc3c2)c2ccccc2n1. The molecule has 0 unspecified atom stereocenters. The number of H-pyrrole nitrogens is 1. The fourth-order valence-electron chi connectivity index (χ4n) is 2.46. The number of para-hydroxylation sites is 1. The molecule has 0 atom stereocenters. The number of hydrogen-bond donors (Lipinski definition) is 2. The van der Waals surface area contributed by atoms with Crippen LogP contribution in [-0.2, 0) is 6.18 Å². The van der Waals surface area contributed by atoms with Gasteiger partial charge in [-0.2, -0.15) is 18.3 Å². The second kappa shape index (κ2) is 5.19. The minimum atomic E-state index is -4.62. The minimum Gasteiger partial charge on any atom is -0.340 e. The average molecular weight is 329 g/mol. The van der Waals surface area contributed by atoms with Gasteiger partial charge in [-0.1, -0.05) is 12.1 Å². The minimum absolute atomic E-state index is 0.107. The molecule has 120 valence electrons. The first-order valence-electron chi connectivity index (χ1n) is 7.05. The Morgan fingerprint density at radius 1 is 1.00 bits per heavy atom. The number of alkyl halides is 3. The first-order chi connectivity index (χ1) is 11.5. The van der Waals surface area contributed by atoms with Gasteiger partial charge < -0.3 is 5.32 Å². The number of aromatic nitrogens is 4. The lowest BCUT2D eigenvalue weighted by Gasteiger charge is -2.12. The number of benzene rings is 2. The van der Waals surface area contributed by atoms with Crippen molar-refractivity contribution in [2.45, 2.75) is 6.18 Å². The van der Waals surface area contributed by atoms with E-state index in [0.29, 0.717) is 11.1 Å². The van der Waals surface area contributed by atoms with E-state index in [0.717, 1.165) is 10.9 Å². The normalized spacial score (nSPS) is 12.0. The predicted molar refractivity (Wildman–Crippen MR) is 83.9 cm³/mol. The molecule has 0 aliphatic heterocycles. The molecule has 4 aromatic rings. The third-order valence-electron chi connectivity index (χ3n) is 3.56. The molecular formula is C16H10F3N5. The van der Waals surface area contributed by atoms with Crippen LogP contribution in [0.4, 0.5) is 24.7 Å². The lowest BCUT2D eigenvalue weighted by Crippen LogP contribution is -2.12. The van der Waals surface area contributed by atoms with Gasteiger partial charge in [0.1, 0.15) is 5.82 Å². The molecule has 2 heterocycles. The van der Waals surface area contributed by atoms with Crippen LogP contribution in [0.2, 0.25) is 0 Å². The number of nitrogens with one attached hydrogen (secondary N) is 2. The summed E-state index contributed by atoms with van der Waals surface area (Å²) < 4.78 is 39.1. The highest BCUT2D eigenvalue weighted by Gasteiger charge is 2.35. The highest BCUT2D eigenvalue weighted by atomic mass is 19.4. The maximum atomic E-state index is 13.0. The number of nitrogens with zero attached hydrogens (tertiary/aromatic N) is 3. The molecule has 4 rings (SSSR count). The van der Waals surface area contributed by atoms with Crippen molar-refractivity contribution in [1.82, 2.24) is 20.2 Å². The predicted octanol–water partition coefficient (Wildman–Crippen LogP) is 4.27. The van der Waals surface area contributed by atoms with E-state index in [4.69, 9.17) is 0 Å². The summed E-state index contributed by atoms with van der Waals surface area (Å²) in [6.45, 7) is 0. The second-order valence-electron chi connectivity index (χ2n) is 5.21. The Kier molecular flexibility index (Phi) is 3.12. The Morgan fingerprint density at radius 3 is 2.67 bits per heavy atom. The van der Waals surface area contributed by atoms with Gasteiger partial charge in [0.2, 0.25) is 5.82 Å². The first-order valence-corrected chi connectivity index (χ1v) is 7.05. The number of halogens is 3. The van der Waals surface area contributed by atoms with Crippen LogP contribution in [0.15, 0.2) is 48.7 Å². The van der Waals surface area contributed by atoms with E-state index >= 15 is 0 Å². The van der Waals surface area contributed by atoms with E-state index in [2.05, 4.69) is 25.5 Å². The fraction of sp³-hybridized carbons (Fsp3) is 0.0625. The molecule has 0 fully saturated rings. The Labute approximate surface area is 133 Å². The monoisotopic (exact) mass is 329 g/mol. The highest BCUT2D eigenvalue weighted by molar-refractivity contribution is 5.92. The van der Waals surface area contributed by atoms with Crippen LogP contribution in [0, 0.1) is 0 Å². The summed E-state index contributed by atoms with van der Waals surface area (Å²) in [5, 5.41) is 11.0. The molecule has 5 nitrogen and oxygen atoms in total. The fourth-order valence-corrected chi connectivity index (χ4v) is 2.46. The van der Waals surface area contributed by atoms with Gasteiger partial charge in [0.15, 0.2) is 0 Å². The molecule has 24 heavy (non-hydrogen) atoms. The molecule has 2 N–H and O–H groups in total. The number of fused-ring (bicyclic) bond motifs is 2. The summed E-state index contributed by atoms with van der Waals surface area (Å²) in [6.07, 6.45) is -2.98. The maximum absolute atomic E-state index is 13.0. The van der Waals surface area contributed by atoms with Gasteiger partial charge in [0.05, 0.1) is 17.2 Å². The van der Waals surface area contributed by atoms with E-state index in [1.165, 1.54) is 6.07 Å². The van der Waals surface area contributed by atoms with Crippen molar-refractivity contribution in [3.05, 3.63) is 54.5 Å². The molecule has 0 saturated carbocycles. The Morgan fingerprint density at radius 2 is 1.83 bits per heavy atom. The van der Waals surface area contributed by atoms with E-state index in [1.54, 1.807) is 42.6 Å². The van der Waals surface area contributed by atoms with Gasteiger partial charge in [-0.25, -0.2) is 9.97 Å². The largest absolute Gasteiger partial charge is 0.451 e. The van der Waals surface area contributed by atoms with Gasteiger partial charge in [-0.15, -0.1) is 0 Å². The molecule has 2 aromatic heterocycles. The van der Waals surface area contributed by atoms with E-state index in [9.17, 15) is 13.2 Å². The van der Waals surface area contributed by atoms with Crippen molar-refractivity contribution in [3.63, 3.8) is 0 Å². The van der Waals surface area contributed by atoms with E-state index < -0.39 is 12.0 Å². The zero-order valence-electron chi connectivity index (χ0n) is 12.1. The van der Waals surface area contributed by atoms with Crippen molar-refractivity contribution >= 4 is 33.3 Å². The molecular weight excluding hydrogens is 319 g/mol. The number of rotatable bonds is 2. The summed E-state index contributed by atoms with van der Waals surface area (Å²) in [4.78, 5) is 7.26. The van der Waals surface area contributed by atoms with Crippen LogP contribution in [0.5, 0.6) is 0 Å². The van der Waals surface area contributed by atoms with Crippen molar-refractivity contribution < 1.29 is 13.2 Å². The quantitative estimate of drug-likeness (QED) is 0.576. The zero-order valence-corrected chi connectivity index (χ0v) is 12.1. The summed E-state index contributed by atoms with van der Waals surface area (Å²) in [5.74, 6) is -1.07. The van der Waals surface area contributed by atoms with Crippen molar-refractivity contribution in [3.8, 4) is 0 Å². The van der Waals surface area contributed by atoms with Gasteiger partial charge in [0.25, 0.3) is 0 Å². The van der Waals surface area contributed by atoms with Crippen LogP contribution < -0.4 is 5.32 Å². The maximum Gasteiger partial charge on any atom is 0.451 e. The van der Waals surface area contributed by atoms with Crippen LogP contribution in [-0.4, -0.2) is 20.2 Å². The molecule has 0 saturated heterocycles. The standard InChI is InChI=1S/C16H10F3N5/c17-16(18,19)15-22-13-4-2-1-3-11(13)14(23-15)21-10-5-6-12-9(7-10)8-20-24-12/h1-8H,(H,20,24)(H,21,22,23). The molecule has 0 spiro atoms. The van der Waals surface area contributed by atoms with E-state index in [-0.39, 0.29) is 11.3 Å². The van der Waals surface area contributed by atoms with Crippen LogP contribution in [0.25, 0.3) is 21.8 Å². The smallest absolute Gasteiger partial charge is 0.340 e. The number of anilines is 2. The van der Waals surface area contributed by atoms with Crippen LogP contribution in [0.3, 0.4) is 0 Å². The van der Waals surface area contributed by atoms with E-state index in [1.807, 2.05) is 0 Å². The summed E-state index contributed by atoms with van der Waals surface area (Å²) in [6, 6.07) is 11.9. The third-order valence-corrected chi connectivity index (χ3v) is 3.56. The molecule has 0 amide bonds. The van der Waals surface area contributed by atoms with Gasteiger partial charge in [-0.05, 0) is 30.3 Å². The average Bonchev–Trinajstić information content (AvgIpc) is 3.01. The summed E-state index contributed by atoms with van der Waals surface area (Å²) >= 11 is 0. The second-order valence-corrected chi connectivity index (χ2v) is 5.21. The molecule has 0 aliphatic rings. The molecule has 8 heteroatoms.